The van der Waals surface area contributed by atoms with Gasteiger partial charge >= 0.3 is 0 Å². The normalized spacial score (nSPS) is 19.0. The van der Waals surface area contributed by atoms with Crippen molar-refractivity contribution in [3.63, 3.8) is 0 Å². The van der Waals surface area contributed by atoms with Crippen LogP contribution in [0.4, 0.5) is 0 Å². The van der Waals surface area contributed by atoms with Crippen LogP contribution in [0.15, 0.2) is 24.3 Å². The fourth-order valence-electron chi connectivity index (χ4n) is 3.17. The fourth-order valence-corrected chi connectivity index (χ4v) is 3.39. The highest BCUT2D eigenvalue weighted by Gasteiger charge is 2.38. The van der Waals surface area contributed by atoms with E-state index in [-0.39, 0.29) is 17.4 Å². The second kappa shape index (κ2) is 7.28. The first-order valence-electron chi connectivity index (χ1n) is 7.82. The molecule has 1 amide bonds. The van der Waals surface area contributed by atoms with Crippen LogP contribution in [0.5, 0.6) is 0 Å². The first kappa shape index (κ1) is 16.3. The van der Waals surface area contributed by atoms with Gasteiger partial charge in [-0.1, -0.05) is 49.1 Å². The lowest BCUT2D eigenvalue weighted by Gasteiger charge is -2.35. The highest BCUT2D eigenvalue weighted by atomic mass is 35.5. The summed E-state index contributed by atoms with van der Waals surface area (Å²) in [6.07, 6.45) is 5.98. The van der Waals surface area contributed by atoms with Crippen LogP contribution in [-0.4, -0.2) is 18.5 Å². The summed E-state index contributed by atoms with van der Waals surface area (Å²) in [5.74, 6) is 0.115. The summed E-state index contributed by atoms with van der Waals surface area (Å²) in [4.78, 5) is 12.6. The van der Waals surface area contributed by atoms with Crippen molar-refractivity contribution in [2.75, 3.05) is 6.54 Å². The third-order valence-corrected chi connectivity index (χ3v) is 4.91. The van der Waals surface area contributed by atoms with Gasteiger partial charge in [-0.05, 0) is 37.8 Å². The van der Waals surface area contributed by atoms with Gasteiger partial charge < -0.3 is 11.1 Å². The Bertz CT molecular complexity index is 483. The lowest BCUT2D eigenvalue weighted by Crippen LogP contribution is -2.50. The van der Waals surface area contributed by atoms with Gasteiger partial charge in [0.1, 0.15) is 0 Å². The summed E-state index contributed by atoms with van der Waals surface area (Å²) < 4.78 is 0. The molecule has 2 rings (SSSR count). The highest BCUT2D eigenvalue weighted by molar-refractivity contribution is 6.31. The van der Waals surface area contributed by atoms with Crippen molar-refractivity contribution in [1.82, 2.24) is 5.32 Å². The number of hydrogen-bond acceptors (Lipinski definition) is 2. The van der Waals surface area contributed by atoms with E-state index in [0.717, 1.165) is 42.7 Å². The molecule has 0 saturated heterocycles. The van der Waals surface area contributed by atoms with E-state index in [0.29, 0.717) is 6.54 Å². The smallest absolute Gasteiger partial charge is 0.227 e. The van der Waals surface area contributed by atoms with Crippen molar-refractivity contribution in [1.29, 1.82) is 0 Å². The van der Waals surface area contributed by atoms with E-state index in [1.165, 1.54) is 6.42 Å². The van der Waals surface area contributed by atoms with Crippen molar-refractivity contribution in [2.24, 2.45) is 11.1 Å². The van der Waals surface area contributed by atoms with Gasteiger partial charge in [-0.25, -0.2) is 0 Å². The van der Waals surface area contributed by atoms with Gasteiger partial charge in [-0.15, -0.1) is 0 Å². The van der Waals surface area contributed by atoms with Gasteiger partial charge in [0, 0.05) is 17.6 Å². The van der Waals surface area contributed by atoms with Gasteiger partial charge in [-0.3, -0.25) is 4.79 Å². The van der Waals surface area contributed by atoms with Crippen molar-refractivity contribution >= 4 is 17.5 Å². The Morgan fingerprint density at radius 3 is 2.62 bits per heavy atom. The Morgan fingerprint density at radius 1 is 1.33 bits per heavy atom. The van der Waals surface area contributed by atoms with E-state index in [4.69, 9.17) is 17.3 Å². The minimum atomic E-state index is -0.354. The first-order chi connectivity index (χ1) is 10.1. The zero-order valence-corrected chi connectivity index (χ0v) is 13.5. The molecule has 0 aromatic heterocycles. The molecule has 1 aromatic carbocycles. The molecule has 0 heterocycles. The molecule has 1 saturated carbocycles. The van der Waals surface area contributed by atoms with Gasteiger partial charge in [-0.2, -0.15) is 0 Å². The predicted octanol–water partition coefficient (Wildman–Crippen LogP) is 3.30. The van der Waals surface area contributed by atoms with Crippen molar-refractivity contribution in [3.05, 3.63) is 34.9 Å². The predicted molar refractivity (Wildman–Crippen MR) is 87.3 cm³/mol. The molecule has 1 unspecified atom stereocenters. The molecular weight excluding hydrogens is 284 g/mol. The summed E-state index contributed by atoms with van der Waals surface area (Å²) in [6, 6.07) is 7.83. The van der Waals surface area contributed by atoms with Gasteiger partial charge in [0.15, 0.2) is 0 Å². The Kier molecular flexibility index (Phi) is 5.65. The third-order valence-electron chi connectivity index (χ3n) is 4.54. The van der Waals surface area contributed by atoms with Gasteiger partial charge in [0.05, 0.1) is 5.41 Å². The summed E-state index contributed by atoms with van der Waals surface area (Å²) in [7, 11) is 0. The standard InChI is InChI=1S/C17H25ClN2O/c1-13(11-14-7-3-4-8-15(14)18)20-16(21)17(12-19)9-5-2-6-10-17/h3-4,7-8,13H,2,5-6,9-12,19H2,1H3,(H,20,21). The molecular formula is C17H25ClN2O. The zero-order chi connectivity index (χ0) is 15.3. The number of benzene rings is 1. The van der Waals surface area contributed by atoms with Crippen LogP contribution >= 0.6 is 11.6 Å². The topological polar surface area (TPSA) is 55.1 Å². The fraction of sp³-hybridized carbons (Fsp3) is 0.588. The van der Waals surface area contributed by atoms with E-state index >= 15 is 0 Å². The van der Waals surface area contributed by atoms with Crippen LogP contribution < -0.4 is 11.1 Å². The molecule has 1 aromatic rings. The molecule has 0 radical (unpaired) electrons. The van der Waals surface area contributed by atoms with E-state index in [2.05, 4.69) is 5.32 Å². The zero-order valence-electron chi connectivity index (χ0n) is 12.7. The molecule has 1 fully saturated rings. The largest absolute Gasteiger partial charge is 0.353 e. The van der Waals surface area contributed by atoms with Gasteiger partial charge in [0.25, 0.3) is 0 Å². The number of amides is 1. The number of nitrogens with two attached hydrogens (primary N) is 1. The van der Waals surface area contributed by atoms with Crippen LogP contribution in [0.25, 0.3) is 0 Å². The van der Waals surface area contributed by atoms with E-state index in [9.17, 15) is 4.79 Å². The second-order valence-corrected chi connectivity index (χ2v) is 6.62. The van der Waals surface area contributed by atoms with Crippen LogP contribution in [0.3, 0.4) is 0 Å². The summed E-state index contributed by atoms with van der Waals surface area (Å²) in [6.45, 7) is 2.46. The average Bonchev–Trinajstić information content (AvgIpc) is 2.50. The number of carbonyl (C=O) groups excluding carboxylic acids is 1. The Morgan fingerprint density at radius 2 is 2.00 bits per heavy atom. The van der Waals surface area contributed by atoms with Crippen LogP contribution in [0.2, 0.25) is 5.02 Å². The monoisotopic (exact) mass is 308 g/mol. The van der Waals surface area contributed by atoms with Crippen molar-refractivity contribution < 1.29 is 4.79 Å². The molecule has 1 atom stereocenters. The highest BCUT2D eigenvalue weighted by Crippen LogP contribution is 2.35. The third kappa shape index (κ3) is 3.98. The molecule has 21 heavy (non-hydrogen) atoms. The maximum Gasteiger partial charge on any atom is 0.227 e. The molecule has 3 N–H and O–H groups in total. The molecule has 1 aliphatic carbocycles. The van der Waals surface area contributed by atoms with E-state index in [1.807, 2.05) is 31.2 Å². The lowest BCUT2D eigenvalue weighted by molar-refractivity contribution is -0.133. The second-order valence-electron chi connectivity index (χ2n) is 6.22. The van der Waals surface area contributed by atoms with Crippen LogP contribution in [0, 0.1) is 5.41 Å². The minimum Gasteiger partial charge on any atom is -0.353 e. The molecule has 0 aliphatic heterocycles. The quantitative estimate of drug-likeness (QED) is 0.877. The average molecular weight is 309 g/mol. The summed E-state index contributed by atoms with van der Waals surface area (Å²) in [5.41, 5.74) is 6.62. The lowest BCUT2D eigenvalue weighted by atomic mass is 9.73. The SMILES string of the molecule is CC(Cc1ccccc1Cl)NC(=O)C1(CN)CCCCC1. The summed E-state index contributed by atoms with van der Waals surface area (Å²) in [5, 5.41) is 3.89. The first-order valence-corrected chi connectivity index (χ1v) is 8.20. The molecule has 116 valence electrons. The maximum absolute atomic E-state index is 12.6. The number of nitrogens with one attached hydrogen (secondary N) is 1. The van der Waals surface area contributed by atoms with Gasteiger partial charge in [0.2, 0.25) is 5.91 Å². The van der Waals surface area contributed by atoms with Crippen LogP contribution in [0.1, 0.15) is 44.6 Å². The van der Waals surface area contributed by atoms with Crippen molar-refractivity contribution in [3.8, 4) is 0 Å². The number of hydrogen-bond donors (Lipinski definition) is 2. The molecule has 0 spiro atoms. The maximum atomic E-state index is 12.6. The Hall–Kier alpha value is -1.06. The number of halogens is 1. The Balaban J connectivity index is 1.97. The van der Waals surface area contributed by atoms with E-state index < -0.39 is 0 Å². The summed E-state index contributed by atoms with van der Waals surface area (Å²) >= 11 is 6.18. The molecule has 4 heteroatoms. The van der Waals surface area contributed by atoms with Crippen molar-refractivity contribution in [2.45, 2.75) is 51.5 Å². The van der Waals surface area contributed by atoms with Crippen LogP contribution in [-0.2, 0) is 11.2 Å². The van der Waals surface area contributed by atoms with E-state index in [1.54, 1.807) is 0 Å². The minimum absolute atomic E-state index is 0.0581. The molecule has 1 aliphatic rings. The Labute approximate surface area is 132 Å². The number of carbonyl (C=O) groups is 1. The molecule has 3 nitrogen and oxygen atoms in total. The molecule has 0 bridgehead atoms. The number of rotatable bonds is 5.